The highest BCUT2D eigenvalue weighted by molar-refractivity contribution is 5.81. The van der Waals surface area contributed by atoms with Gasteiger partial charge in [0.15, 0.2) is 0 Å². The van der Waals surface area contributed by atoms with Crippen molar-refractivity contribution in [1.82, 2.24) is 10.2 Å². The highest BCUT2D eigenvalue weighted by Gasteiger charge is 2.26. The third-order valence-electron chi connectivity index (χ3n) is 2.40. The number of carboxylic acid groups (broad SMARTS) is 1. The summed E-state index contributed by atoms with van der Waals surface area (Å²) in [6, 6.07) is -1.38. The molecule has 16 heavy (non-hydrogen) atoms. The molecule has 92 valence electrons. The van der Waals surface area contributed by atoms with Gasteiger partial charge in [-0.1, -0.05) is 0 Å². The van der Waals surface area contributed by atoms with E-state index in [1.807, 2.05) is 13.8 Å². The van der Waals surface area contributed by atoms with E-state index >= 15 is 0 Å². The van der Waals surface area contributed by atoms with Gasteiger partial charge in [-0.2, -0.15) is 0 Å². The van der Waals surface area contributed by atoms with E-state index in [2.05, 4.69) is 5.32 Å². The van der Waals surface area contributed by atoms with Gasteiger partial charge in [-0.15, -0.1) is 0 Å². The number of rotatable bonds is 2. The maximum Gasteiger partial charge on any atom is 0.318 e. The minimum Gasteiger partial charge on any atom is -0.548 e. The zero-order valence-electron chi connectivity index (χ0n) is 9.73. The summed E-state index contributed by atoms with van der Waals surface area (Å²) in [5, 5.41) is 12.8. The molecule has 0 spiro atoms. The minimum atomic E-state index is -1.29. The van der Waals surface area contributed by atoms with Gasteiger partial charge in [0.25, 0.3) is 0 Å². The number of nitrogens with zero attached hydrogens (tertiary/aromatic N) is 1. The third-order valence-corrected chi connectivity index (χ3v) is 2.40. The van der Waals surface area contributed by atoms with Crippen LogP contribution < -0.4 is 10.4 Å². The molecule has 0 radical (unpaired) electrons. The van der Waals surface area contributed by atoms with Gasteiger partial charge >= 0.3 is 6.03 Å². The number of carbonyl (C=O) groups is 2. The summed E-state index contributed by atoms with van der Waals surface area (Å²) in [5.74, 6) is -1.29. The molecule has 1 heterocycles. The van der Waals surface area contributed by atoms with Gasteiger partial charge in [-0.25, -0.2) is 4.79 Å². The molecular weight excluding hydrogens is 212 g/mol. The van der Waals surface area contributed by atoms with Crippen molar-refractivity contribution in [2.75, 3.05) is 13.1 Å². The number of hydrogen-bond acceptors (Lipinski definition) is 4. The molecule has 0 unspecified atom stereocenters. The number of urea groups is 1. The number of morpholine rings is 1. The second-order valence-corrected chi connectivity index (χ2v) is 4.15. The smallest absolute Gasteiger partial charge is 0.318 e. The Morgan fingerprint density at radius 2 is 1.88 bits per heavy atom. The lowest BCUT2D eigenvalue weighted by Gasteiger charge is -2.35. The fourth-order valence-corrected chi connectivity index (χ4v) is 1.68. The van der Waals surface area contributed by atoms with Crippen molar-refractivity contribution in [2.24, 2.45) is 0 Å². The zero-order chi connectivity index (χ0) is 12.3. The molecule has 2 amide bonds. The molecular formula is C10H17N2O4-. The highest BCUT2D eigenvalue weighted by atomic mass is 16.5. The van der Waals surface area contributed by atoms with Crippen molar-refractivity contribution in [3.05, 3.63) is 0 Å². The van der Waals surface area contributed by atoms with Crippen LogP contribution in [0.4, 0.5) is 4.79 Å². The Bertz CT molecular complexity index is 272. The molecule has 1 aliphatic rings. The molecule has 1 rings (SSSR count). The first-order chi connectivity index (χ1) is 7.40. The number of carbonyl (C=O) groups excluding carboxylic acids is 2. The molecule has 1 N–H and O–H groups in total. The van der Waals surface area contributed by atoms with Crippen LogP contribution in [0.2, 0.25) is 0 Å². The number of nitrogens with one attached hydrogen (secondary N) is 1. The van der Waals surface area contributed by atoms with Gasteiger partial charge in [-0.3, -0.25) is 0 Å². The maximum absolute atomic E-state index is 11.7. The van der Waals surface area contributed by atoms with Crippen LogP contribution in [0, 0.1) is 0 Å². The SMILES string of the molecule is C[C@H](NC(=O)N1C[C@H](C)O[C@@H](C)C1)C(=O)[O-]. The van der Waals surface area contributed by atoms with Gasteiger partial charge in [0.1, 0.15) is 0 Å². The molecule has 0 aliphatic carbocycles. The summed E-state index contributed by atoms with van der Waals surface area (Å²) >= 11 is 0. The van der Waals surface area contributed by atoms with Crippen molar-refractivity contribution in [3.63, 3.8) is 0 Å². The van der Waals surface area contributed by atoms with Crippen LogP contribution in [-0.4, -0.2) is 48.2 Å². The highest BCUT2D eigenvalue weighted by Crippen LogP contribution is 2.10. The molecule has 0 aromatic rings. The van der Waals surface area contributed by atoms with Gasteiger partial charge in [-0.05, 0) is 20.8 Å². The van der Waals surface area contributed by atoms with E-state index in [-0.39, 0.29) is 12.2 Å². The first kappa shape index (κ1) is 12.8. The Kier molecular flexibility index (Phi) is 4.12. The van der Waals surface area contributed by atoms with Gasteiger partial charge < -0.3 is 24.9 Å². The Morgan fingerprint density at radius 3 is 2.31 bits per heavy atom. The Morgan fingerprint density at radius 1 is 1.38 bits per heavy atom. The average Bonchev–Trinajstić information content (AvgIpc) is 2.15. The maximum atomic E-state index is 11.7. The van der Waals surface area contributed by atoms with Crippen LogP contribution in [0.25, 0.3) is 0 Å². The number of carboxylic acids is 1. The largest absolute Gasteiger partial charge is 0.548 e. The van der Waals surface area contributed by atoms with Crippen LogP contribution in [0.15, 0.2) is 0 Å². The Balaban J connectivity index is 2.50. The van der Waals surface area contributed by atoms with Gasteiger partial charge in [0.05, 0.1) is 24.2 Å². The second-order valence-electron chi connectivity index (χ2n) is 4.15. The predicted octanol–water partition coefficient (Wildman–Crippen LogP) is -1.06. The van der Waals surface area contributed by atoms with E-state index in [9.17, 15) is 14.7 Å². The van der Waals surface area contributed by atoms with E-state index in [1.165, 1.54) is 6.92 Å². The summed E-state index contributed by atoms with van der Waals surface area (Å²) < 4.78 is 5.47. The van der Waals surface area contributed by atoms with Crippen molar-refractivity contribution in [1.29, 1.82) is 0 Å². The minimum absolute atomic E-state index is 0.0345. The molecule has 0 bridgehead atoms. The van der Waals surface area contributed by atoms with Gasteiger partial charge in [0, 0.05) is 13.1 Å². The molecule has 0 aromatic heterocycles. The van der Waals surface area contributed by atoms with E-state index in [0.29, 0.717) is 13.1 Å². The van der Waals surface area contributed by atoms with Crippen molar-refractivity contribution >= 4 is 12.0 Å². The van der Waals surface area contributed by atoms with Crippen LogP contribution in [0.3, 0.4) is 0 Å². The first-order valence-corrected chi connectivity index (χ1v) is 5.32. The van der Waals surface area contributed by atoms with Crippen molar-refractivity contribution in [2.45, 2.75) is 39.0 Å². The molecule has 1 saturated heterocycles. The number of hydrogen-bond donors (Lipinski definition) is 1. The lowest BCUT2D eigenvalue weighted by molar-refractivity contribution is -0.307. The Hall–Kier alpha value is -1.30. The van der Waals surface area contributed by atoms with Crippen LogP contribution in [0.1, 0.15) is 20.8 Å². The standard InChI is InChI=1S/C10H18N2O4/c1-6-4-12(5-7(2)16-6)10(15)11-8(3)9(13)14/h6-8H,4-5H2,1-3H3,(H,11,15)(H,13,14)/p-1/t6-,7-,8-/m0/s1. The topological polar surface area (TPSA) is 81.7 Å². The summed E-state index contributed by atoms with van der Waals surface area (Å²) in [6.07, 6.45) is -0.0690. The molecule has 6 heteroatoms. The second kappa shape index (κ2) is 5.16. The summed E-state index contributed by atoms with van der Waals surface area (Å²) in [6.45, 7) is 6.06. The van der Waals surface area contributed by atoms with Crippen LogP contribution >= 0.6 is 0 Å². The fourth-order valence-electron chi connectivity index (χ4n) is 1.68. The van der Waals surface area contributed by atoms with Crippen molar-refractivity contribution in [3.8, 4) is 0 Å². The quantitative estimate of drug-likeness (QED) is 0.654. The van der Waals surface area contributed by atoms with Crippen molar-refractivity contribution < 1.29 is 19.4 Å². The van der Waals surface area contributed by atoms with Crippen LogP contribution in [-0.2, 0) is 9.53 Å². The monoisotopic (exact) mass is 229 g/mol. The lowest BCUT2D eigenvalue weighted by Crippen LogP contribution is -2.55. The van der Waals surface area contributed by atoms with Gasteiger partial charge in [0.2, 0.25) is 0 Å². The van der Waals surface area contributed by atoms with E-state index in [1.54, 1.807) is 4.90 Å². The summed E-state index contributed by atoms with van der Waals surface area (Å²) in [5.41, 5.74) is 0. The van der Waals surface area contributed by atoms with E-state index < -0.39 is 18.0 Å². The number of amides is 2. The molecule has 1 aliphatic heterocycles. The molecule has 6 nitrogen and oxygen atoms in total. The normalized spacial score (nSPS) is 27.3. The number of aliphatic carboxylic acids is 1. The Labute approximate surface area is 94.6 Å². The predicted molar refractivity (Wildman–Crippen MR) is 54.6 cm³/mol. The third kappa shape index (κ3) is 3.37. The number of ether oxygens (including phenoxy) is 1. The average molecular weight is 229 g/mol. The fraction of sp³-hybridized carbons (Fsp3) is 0.800. The first-order valence-electron chi connectivity index (χ1n) is 5.32. The van der Waals surface area contributed by atoms with E-state index in [0.717, 1.165) is 0 Å². The molecule has 0 aromatic carbocycles. The summed E-state index contributed by atoms with van der Waals surface area (Å²) in [7, 11) is 0. The van der Waals surface area contributed by atoms with E-state index in [4.69, 9.17) is 4.74 Å². The summed E-state index contributed by atoms with van der Waals surface area (Å²) in [4.78, 5) is 23.7. The zero-order valence-corrected chi connectivity index (χ0v) is 9.73. The lowest BCUT2D eigenvalue weighted by atomic mass is 10.2. The molecule has 0 saturated carbocycles. The van der Waals surface area contributed by atoms with Crippen LogP contribution in [0.5, 0.6) is 0 Å². The molecule has 3 atom stereocenters. The molecule has 1 fully saturated rings.